The zero-order valence-electron chi connectivity index (χ0n) is 15.8. The number of amides is 1. The maximum Gasteiger partial charge on any atom is 0.231 e. The van der Waals surface area contributed by atoms with Crippen LogP contribution in [-0.2, 0) is 11.2 Å². The average Bonchev–Trinajstić information content (AvgIpc) is 2.70. The van der Waals surface area contributed by atoms with Crippen molar-refractivity contribution in [1.82, 2.24) is 0 Å². The first-order chi connectivity index (χ1) is 13.6. The molecule has 0 aliphatic carbocycles. The van der Waals surface area contributed by atoms with E-state index in [-0.39, 0.29) is 30.2 Å². The van der Waals surface area contributed by atoms with Crippen LogP contribution in [0.4, 0.5) is 15.8 Å². The molecule has 0 unspecified atom stereocenters. The molecule has 4 heteroatoms. The molecule has 1 aliphatic rings. The van der Waals surface area contributed by atoms with Crippen molar-refractivity contribution in [1.29, 1.82) is 0 Å². The second-order valence-corrected chi connectivity index (χ2v) is 7.27. The van der Waals surface area contributed by atoms with Gasteiger partial charge in [0.15, 0.2) is 0 Å². The van der Waals surface area contributed by atoms with Gasteiger partial charge in [-0.15, -0.1) is 0 Å². The molecule has 4 rings (SSSR count). The number of para-hydroxylation sites is 2. The van der Waals surface area contributed by atoms with Gasteiger partial charge >= 0.3 is 0 Å². The number of anilines is 2. The van der Waals surface area contributed by atoms with Crippen LogP contribution in [0.3, 0.4) is 0 Å². The van der Waals surface area contributed by atoms with Crippen molar-refractivity contribution in [2.45, 2.75) is 31.8 Å². The molecule has 0 aromatic heterocycles. The van der Waals surface area contributed by atoms with Gasteiger partial charge in [-0.3, -0.25) is 4.79 Å². The van der Waals surface area contributed by atoms with Gasteiger partial charge in [-0.2, -0.15) is 0 Å². The van der Waals surface area contributed by atoms with Crippen molar-refractivity contribution in [3.8, 4) is 0 Å². The molecule has 0 spiro atoms. The Bertz CT molecular complexity index is 956. The third-order valence-electron chi connectivity index (χ3n) is 5.24. The molecule has 1 aliphatic heterocycles. The SMILES string of the molecule is C[C@@H]1C[C@@H](Nc2ccccc2)c2ccccc2N1C(=O)Cc1ccc(F)cc1. The summed E-state index contributed by atoms with van der Waals surface area (Å²) >= 11 is 0. The minimum absolute atomic E-state index is 0.0321. The molecular weight excluding hydrogens is 351 g/mol. The Balaban J connectivity index is 1.60. The van der Waals surface area contributed by atoms with Crippen molar-refractivity contribution in [3.05, 3.63) is 95.8 Å². The lowest BCUT2D eigenvalue weighted by Crippen LogP contribution is -2.45. The van der Waals surface area contributed by atoms with Crippen molar-refractivity contribution in [3.63, 3.8) is 0 Å². The molecule has 1 N–H and O–H groups in total. The fourth-order valence-corrected chi connectivity index (χ4v) is 3.93. The quantitative estimate of drug-likeness (QED) is 0.668. The lowest BCUT2D eigenvalue weighted by atomic mass is 9.91. The molecule has 3 aromatic rings. The molecule has 142 valence electrons. The molecule has 3 nitrogen and oxygen atoms in total. The summed E-state index contributed by atoms with van der Waals surface area (Å²) in [6.45, 7) is 2.08. The van der Waals surface area contributed by atoms with Gasteiger partial charge in [-0.05, 0) is 54.8 Å². The van der Waals surface area contributed by atoms with E-state index >= 15 is 0 Å². The predicted molar refractivity (Wildman–Crippen MR) is 111 cm³/mol. The summed E-state index contributed by atoms with van der Waals surface area (Å²) in [4.78, 5) is 15.0. The monoisotopic (exact) mass is 374 g/mol. The highest BCUT2D eigenvalue weighted by Gasteiger charge is 2.33. The molecule has 0 fully saturated rings. The Kier molecular flexibility index (Phi) is 5.11. The highest BCUT2D eigenvalue weighted by molar-refractivity contribution is 5.96. The Morgan fingerprint density at radius 1 is 1.00 bits per heavy atom. The van der Waals surface area contributed by atoms with Gasteiger partial charge in [0.25, 0.3) is 0 Å². The van der Waals surface area contributed by atoms with E-state index in [0.717, 1.165) is 28.9 Å². The minimum atomic E-state index is -0.289. The van der Waals surface area contributed by atoms with E-state index in [1.807, 2.05) is 41.3 Å². The van der Waals surface area contributed by atoms with Gasteiger partial charge < -0.3 is 10.2 Å². The molecular formula is C24H23FN2O. The Labute approximate surface area is 164 Å². The number of nitrogens with zero attached hydrogens (tertiary/aromatic N) is 1. The fraction of sp³-hybridized carbons (Fsp3) is 0.208. The molecule has 28 heavy (non-hydrogen) atoms. The second-order valence-electron chi connectivity index (χ2n) is 7.27. The van der Waals surface area contributed by atoms with Gasteiger partial charge in [0.2, 0.25) is 5.91 Å². The van der Waals surface area contributed by atoms with Crippen LogP contribution >= 0.6 is 0 Å². The van der Waals surface area contributed by atoms with E-state index in [0.29, 0.717) is 0 Å². The van der Waals surface area contributed by atoms with Crippen LogP contribution in [-0.4, -0.2) is 11.9 Å². The zero-order chi connectivity index (χ0) is 19.5. The van der Waals surface area contributed by atoms with Gasteiger partial charge in [-0.25, -0.2) is 4.39 Å². The number of carbonyl (C=O) groups is 1. The molecule has 3 aromatic carbocycles. The summed E-state index contributed by atoms with van der Waals surface area (Å²) in [6, 6.07) is 24.5. The van der Waals surface area contributed by atoms with Crippen molar-refractivity contribution in [2.75, 3.05) is 10.2 Å². The highest BCUT2D eigenvalue weighted by Crippen LogP contribution is 2.39. The molecule has 1 amide bonds. The summed E-state index contributed by atoms with van der Waals surface area (Å²) < 4.78 is 13.2. The van der Waals surface area contributed by atoms with E-state index < -0.39 is 0 Å². The third-order valence-corrected chi connectivity index (χ3v) is 5.24. The van der Waals surface area contributed by atoms with E-state index in [9.17, 15) is 9.18 Å². The van der Waals surface area contributed by atoms with Crippen LogP contribution in [0.5, 0.6) is 0 Å². The Morgan fingerprint density at radius 2 is 1.68 bits per heavy atom. The summed E-state index contributed by atoms with van der Waals surface area (Å²) in [5.74, 6) is -0.257. The molecule has 1 heterocycles. The Hall–Kier alpha value is -3.14. The standard InChI is InChI=1S/C24H23FN2O/c1-17-15-22(26-20-7-3-2-4-8-20)21-9-5-6-10-23(21)27(17)24(28)16-18-11-13-19(25)14-12-18/h2-14,17,22,26H,15-16H2,1H3/t17-,22-/m1/s1. The normalized spacial score (nSPS) is 18.4. The van der Waals surface area contributed by atoms with Gasteiger partial charge in [0.1, 0.15) is 5.82 Å². The summed E-state index contributed by atoms with van der Waals surface area (Å²) in [6.07, 6.45) is 1.08. The lowest BCUT2D eigenvalue weighted by molar-refractivity contribution is -0.118. The van der Waals surface area contributed by atoms with E-state index in [1.54, 1.807) is 12.1 Å². The topological polar surface area (TPSA) is 32.3 Å². The summed E-state index contributed by atoms with van der Waals surface area (Å²) in [5, 5.41) is 3.60. The molecule has 0 bridgehead atoms. The largest absolute Gasteiger partial charge is 0.378 e. The van der Waals surface area contributed by atoms with Gasteiger partial charge in [0.05, 0.1) is 12.5 Å². The summed E-state index contributed by atoms with van der Waals surface area (Å²) in [5.41, 5.74) is 3.96. The maximum absolute atomic E-state index is 13.2. The average molecular weight is 374 g/mol. The number of hydrogen-bond acceptors (Lipinski definition) is 2. The number of nitrogens with one attached hydrogen (secondary N) is 1. The van der Waals surface area contributed by atoms with E-state index in [1.165, 1.54) is 12.1 Å². The van der Waals surface area contributed by atoms with Crippen LogP contribution in [0.15, 0.2) is 78.9 Å². The minimum Gasteiger partial charge on any atom is -0.378 e. The molecule has 0 radical (unpaired) electrons. The van der Waals surface area contributed by atoms with Crippen LogP contribution < -0.4 is 10.2 Å². The molecule has 0 saturated heterocycles. The number of halogens is 1. The predicted octanol–water partition coefficient (Wildman–Crippen LogP) is 5.35. The van der Waals surface area contributed by atoms with Crippen molar-refractivity contribution < 1.29 is 9.18 Å². The highest BCUT2D eigenvalue weighted by atomic mass is 19.1. The van der Waals surface area contributed by atoms with Crippen LogP contribution in [0.1, 0.15) is 30.5 Å². The van der Waals surface area contributed by atoms with E-state index in [4.69, 9.17) is 0 Å². The van der Waals surface area contributed by atoms with Crippen LogP contribution in [0.25, 0.3) is 0 Å². The number of carbonyl (C=O) groups excluding carboxylic acids is 1. The van der Waals surface area contributed by atoms with Crippen molar-refractivity contribution >= 4 is 17.3 Å². The third kappa shape index (κ3) is 3.77. The molecule has 0 saturated carbocycles. The molecule has 2 atom stereocenters. The first-order valence-corrected chi connectivity index (χ1v) is 9.59. The van der Waals surface area contributed by atoms with Gasteiger partial charge in [-0.1, -0.05) is 48.5 Å². The maximum atomic E-state index is 13.2. The van der Waals surface area contributed by atoms with Gasteiger partial charge in [0, 0.05) is 17.4 Å². The first kappa shape index (κ1) is 18.2. The second kappa shape index (κ2) is 7.85. The van der Waals surface area contributed by atoms with Crippen LogP contribution in [0, 0.1) is 5.82 Å². The van der Waals surface area contributed by atoms with Crippen molar-refractivity contribution in [2.24, 2.45) is 0 Å². The lowest BCUT2D eigenvalue weighted by Gasteiger charge is -2.40. The Morgan fingerprint density at radius 3 is 2.43 bits per heavy atom. The number of rotatable bonds is 4. The van der Waals surface area contributed by atoms with Crippen LogP contribution in [0.2, 0.25) is 0 Å². The number of benzene rings is 3. The fourth-order valence-electron chi connectivity index (χ4n) is 3.93. The summed E-state index contributed by atoms with van der Waals surface area (Å²) in [7, 11) is 0. The smallest absolute Gasteiger partial charge is 0.231 e. The number of fused-ring (bicyclic) bond motifs is 1. The van der Waals surface area contributed by atoms with E-state index in [2.05, 4.69) is 30.4 Å². The number of hydrogen-bond donors (Lipinski definition) is 1. The first-order valence-electron chi connectivity index (χ1n) is 9.59. The zero-order valence-corrected chi connectivity index (χ0v) is 15.8.